The standard InChI is InChI=1S/C47H33N3S/c1-47(2)37-21-11-20-36-42-35-18-6-8-23-41(35)51-46(42)50(44(36)37)40-25-24-30(27-38(40)47)29-14-9-15-31(26-29)45-48-39-22-7-5-17-34(39)43(49-45)33-19-10-13-28-12-3-4-16-32(28)33/h3-27,42,46H,1-2H3. The van der Waals surface area contributed by atoms with Gasteiger partial charge >= 0.3 is 0 Å². The number of hydrogen-bond acceptors (Lipinski definition) is 4. The average Bonchev–Trinajstić information content (AvgIpc) is 3.71. The van der Waals surface area contributed by atoms with Crippen molar-refractivity contribution in [3.63, 3.8) is 0 Å². The van der Waals surface area contributed by atoms with Crippen LogP contribution < -0.4 is 4.90 Å². The summed E-state index contributed by atoms with van der Waals surface area (Å²) in [7, 11) is 0. The van der Waals surface area contributed by atoms with Gasteiger partial charge in [0, 0.05) is 38.4 Å². The predicted octanol–water partition coefficient (Wildman–Crippen LogP) is 12.1. The van der Waals surface area contributed by atoms with E-state index in [1.807, 2.05) is 11.8 Å². The Labute approximate surface area is 301 Å². The molecule has 0 saturated carbocycles. The van der Waals surface area contributed by atoms with E-state index in [1.165, 1.54) is 54.9 Å². The van der Waals surface area contributed by atoms with Crippen LogP contribution in [0.15, 0.2) is 157 Å². The minimum absolute atomic E-state index is 0.150. The summed E-state index contributed by atoms with van der Waals surface area (Å²) < 4.78 is 0. The molecule has 7 aromatic carbocycles. The fraction of sp³-hybridized carbons (Fsp3) is 0.106. The first-order valence-electron chi connectivity index (χ1n) is 17.7. The summed E-state index contributed by atoms with van der Waals surface area (Å²) in [6, 6.07) is 55.2. The summed E-state index contributed by atoms with van der Waals surface area (Å²) in [5.41, 5.74) is 14.7. The summed E-state index contributed by atoms with van der Waals surface area (Å²) in [6.07, 6.45) is 0. The van der Waals surface area contributed by atoms with E-state index in [0.29, 0.717) is 11.3 Å². The number of hydrogen-bond donors (Lipinski definition) is 0. The van der Waals surface area contributed by atoms with Gasteiger partial charge in [0.15, 0.2) is 5.82 Å². The molecule has 0 saturated heterocycles. The van der Waals surface area contributed by atoms with Crippen molar-refractivity contribution >= 4 is 44.8 Å². The Balaban J connectivity index is 1.04. The molecule has 2 atom stereocenters. The molecule has 8 aromatic rings. The first-order chi connectivity index (χ1) is 25.0. The highest BCUT2D eigenvalue weighted by Gasteiger charge is 2.51. The lowest BCUT2D eigenvalue weighted by molar-refractivity contribution is 0.627. The lowest BCUT2D eigenvalue weighted by Gasteiger charge is -2.42. The maximum absolute atomic E-state index is 5.30. The van der Waals surface area contributed by atoms with Crippen LogP contribution in [0.1, 0.15) is 42.0 Å². The van der Waals surface area contributed by atoms with Crippen LogP contribution in [0.5, 0.6) is 0 Å². The van der Waals surface area contributed by atoms with Gasteiger partial charge in [0.25, 0.3) is 0 Å². The molecule has 1 aromatic heterocycles. The number of thioether (sulfide) groups is 1. The zero-order chi connectivity index (χ0) is 33.8. The Morgan fingerprint density at radius 1 is 0.588 bits per heavy atom. The monoisotopic (exact) mass is 671 g/mol. The quantitative estimate of drug-likeness (QED) is 0.187. The highest BCUT2D eigenvalue weighted by Crippen LogP contribution is 2.64. The summed E-state index contributed by atoms with van der Waals surface area (Å²) in [4.78, 5) is 14.5. The summed E-state index contributed by atoms with van der Waals surface area (Å²) in [6.45, 7) is 4.79. The Morgan fingerprint density at radius 3 is 2.25 bits per heavy atom. The second-order valence-corrected chi connectivity index (χ2v) is 15.7. The van der Waals surface area contributed by atoms with E-state index >= 15 is 0 Å². The van der Waals surface area contributed by atoms with Crippen LogP contribution in [-0.2, 0) is 5.41 Å². The fourth-order valence-electron chi connectivity index (χ4n) is 8.94. The largest absolute Gasteiger partial charge is 0.327 e. The van der Waals surface area contributed by atoms with Crippen LogP contribution in [0.3, 0.4) is 0 Å². The number of rotatable bonds is 3. The third kappa shape index (κ3) is 4.14. The minimum atomic E-state index is -0.150. The van der Waals surface area contributed by atoms with Crippen molar-refractivity contribution in [1.29, 1.82) is 0 Å². The van der Waals surface area contributed by atoms with Gasteiger partial charge in [-0.3, -0.25) is 0 Å². The van der Waals surface area contributed by atoms with Crippen molar-refractivity contribution in [2.24, 2.45) is 0 Å². The predicted molar refractivity (Wildman–Crippen MR) is 212 cm³/mol. The van der Waals surface area contributed by atoms with Crippen LogP contribution in [0.25, 0.3) is 55.4 Å². The molecule has 0 N–H and O–H groups in total. The number of anilines is 2. The normalized spacial score (nSPS) is 17.6. The molecule has 3 aliphatic heterocycles. The molecule has 0 aliphatic carbocycles. The Morgan fingerprint density at radius 2 is 1.31 bits per heavy atom. The highest BCUT2D eigenvalue weighted by molar-refractivity contribution is 8.00. The smallest absolute Gasteiger partial charge is 0.160 e. The molecule has 2 unspecified atom stereocenters. The third-order valence-corrected chi connectivity index (χ3v) is 12.7. The molecular weight excluding hydrogens is 639 g/mol. The maximum Gasteiger partial charge on any atom is 0.160 e. The van der Waals surface area contributed by atoms with Crippen molar-refractivity contribution in [3.05, 3.63) is 174 Å². The fourth-order valence-corrected chi connectivity index (χ4v) is 10.4. The number of benzene rings is 7. The zero-order valence-corrected chi connectivity index (χ0v) is 29.2. The number of fused-ring (bicyclic) bond motifs is 9. The van der Waals surface area contributed by atoms with Gasteiger partial charge in [-0.25, -0.2) is 9.97 Å². The Bertz CT molecular complexity index is 2740. The molecule has 4 heterocycles. The van der Waals surface area contributed by atoms with E-state index in [9.17, 15) is 0 Å². The molecular formula is C47H33N3S. The van der Waals surface area contributed by atoms with E-state index in [0.717, 1.165) is 39.1 Å². The summed E-state index contributed by atoms with van der Waals surface area (Å²) >= 11 is 2.02. The van der Waals surface area contributed by atoms with Crippen molar-refractivity contribution in [1.82, 2.24) is 9.97 Å². The third-order valence-electron chi connectivity index (χ3n) is 11.4. The van der Waals surface area contributed by atoms with Crippen molar-refractivity contribution in [3.8, 4) is 33.8 Å². The molecule has 3 aliphatic rings. The van der Waals surface area contributed by atoms with Gasteiger partial charge in [0.1, 0.15) is 0 Å². The van der Waals surface area contributed by atoms with Gasteiger partial charge in [0.2, 0.25) is 0 Å². The first kappa shape index (κ1) is 29.1. The SMILES string of the molecule is CC1(C)c2cc(-c3cccc(-c4nc(-c5cccc6ccccc56)c5ccccc5n4)c3)ccc2N2c3c(cccc31)C1c3ccccc3SC12. The van der Waals surface area contributed by atoms with E-state index < -0.39 is 0 Å². The van der Waals surface area contributed by atoms with Crippen molar-refractivity contribution in [2.45, 2.75) is 35.4 Å². The van der Waals surface area contributed by atoms with Crippen molar-refractivity contribution < 1.29 is 0 Å². The number of aromatic nitrogens is 2. The molecule has 4 heteroatoms. The number of nitrogens with zero attached hydrogens (tertiary/aromatic N) is 3. The minimum Gasteiger partial charge on any atom is -0.327 e. The Hall–Kier alpha value is -5.71. The van der Waals surface area contributed by atoms with Crippen molar-refractivity contribution in [2.75, 3.05) is 4.90 Å². The topological polar surface area (TPSA) is 29.0 Å². The highest BCUT2D eigenvalue weighted by atomic mass is 32.2. The van der Waals surface area contributed by atoms with Gasteiger partial charge < -0.3 is 4.90 Å². The molecule has 0 amide bonds. The van der Waals surface area contributed by atoms with E-state index in [1.54, 1.807) is 0 Å². The van der Waals surface area contributed by atoms with Crippen LogP contribution in [0.2, 0.25) is 0 Å². The van der Waals surface area contributed by atoms with Gasteiger partial charge in [-0.05, 0) is 74.5 Å². The van der Waals surface area contributed by atoms with E-state index in [2.05, 4.69) is 170 Å². The van der Waals surface area contributed by atoms with Crippen LogP contribution >= 0.6 is 11.8 Å². The van der Waals surface area contributed by atoms with Gasteiger partial charge in [-0.15, -0.1) is 0 Å². The lowest BCUT2D eigenvalue weighted by atomic mass is 9.72. The van der Waals surface area contributed by atoms with Gasteiger partial charge in [0.05, 0.1) is 22.3 Å². The molecule has 0 bridgehead atoms. The Kier molecular flexibility index (Phi) is 6.07. The van der Waals surface area contributed by atoms with Crippen LogP contribution in [-0.4, -0.2) is 15.3 Å². The second-order valence-electron chi connectivity index (χ2n) is 14.5. The van der Waals surface area contributed by atoms with Gasteiger partial charge in [-0.2, -0.15) is 0 Å². The average molecular weight is 672 g/mol. The first-order valence-corrected chi connectivity index (χ1v) is 18.6. The summed E-state index contributed by atoms with van der Waals surface area (Å²) in [5, 5.41) is 3.78. The van der Waals surface area contributed by atoms with E-state index in [-0.39, 0.29) is 5.41 Å². The molecule has 0 radical (unpaired) electrons. The maximum atomic E-state index is 5.30. The molecule has 11 rings (SSSR count). The lowest BCUT2D eigenvalue weighted by Crippen LogP contribution is -2.34. The van der Waals surface area contributed by atoms with E-state index in [4.69, 9.17) is 9.97 Å². The summed E-state index contributed by atoms with van der Waals surface area (Å²) in [5.74, 6) is 1.11. The molecule has 0 fully saturated rings. The van der Waals surface area contributed by atoms with Crippen LogP contribution in [0, 0.1) is 0 Å². The number of para-hydroxylation sites is 2. The zero-order valence-electron chi connectivity index (χ0n) is 28.3. The molecule has 3 nitrogen and oxygen atoms in total. The van der Waals surface area contributed by atoms with Crippen LogP contribution in [0.4, 0.5) is 11.4 Å². The second kappa shape index (κ2) is 10.6. The molecule has 242 valence electrons. The molecule has 0 spiro atoms. The van der Waals surface area contributed by atoms with Gasteiger partial charge in [-0.1, -0.05) is 147 Å². The molecule has 51 heavy (non-hydrogen) atoms.